The Bertz CT molecular complexity index is 341. The van der Waals surface area contributed by atoms with Crippen LogP contribution in [0.2, 0.25) is 0 Å². The molecule has 3 nitrogen and oxygen atoms in total. The fourth-order valence-corrected chi connectivity index (χ4v) is 1.22. The summed E-state index contributed by atoms with van der Waals surface area (Å²) in [7, 11) is 1.59. The SMILES string of the molecule is C=CCCCC(=O)Oc1ccc(OC)cc1. The van der Waals surface area contributed by atoms with Gasteiger partial charge < -0.3 is 9.47 Å². The average molecular weight is 220 g/mol. The maximum Gasteiger partial charge on any atom is 0.311 e. The third-order valence-corrected chi connectivity index (χ3v) is 2.08. The van der Waals surface area contributed by atoms with Crippen LogP contribution in [-0.4, -0.2) is 13.1 Å². The first kappa shape index (κ1) is 12.3. The van der Waals surface area contributed by atoms with E-state index in [2.05, 4.69) is 6.58 Å². The van der Waals surface area contributed by atoms with Gasteiger partial charge >= 0.3 is 5.97 Å². The number of ether oxygens (including phenoxy) is 2. The van der Waals surface area contributed by atoms with Crippen LogP contribution < -0.4 is 9.47 Å². The van der Waals surface area contributed by atoms with Crippen LogP contribution in [0.1, 0.15) is 19.3 Å². The molecule has 0 atom stereocenters. The number of allylic oxidation sites excluding steroid dienone is 1. The van der Waals surface area contributed by atoms with Crippen LogP contribution in [0.4, 0.5) is 0 Å². The molecule has 0 aliphatic rings. The summed E-state index contributed by atoms with van der Waals surface area (Å²) in [6.07, 6.45) is 3.81. The molecule has 3 heteroatoms. The molecule has 0 bridgehead atoms. The highest BCUT2D eigenvalue weighted by atomic mass is 16.5. The summed E-state index contributed by atoms with van der Waals surface area (Å²) < 4.78 is 10.1. The van der Waals surface area contributed by atoms with Crippen molar-refractivity contribution >= 4 is 5.97 Å². The van der Waals surface area contributed by atoms with E-state index in [1.54, 1.807) is 37.5 Å². The zero-order valence-electron chi connectivity index (χ0n) is 9.44. The molecule has 0 aromatic heterocycles. The van der Waals surface area contributed by atoms with Crippen molar-refractivity contribution in [1.29, 1.82) is 0 Å². The number of rotatable bonds is 6. The van der Waals surface area contributed by atoms with Gasteiger partial charge in [-0.15, -0.1) is 6.58 Å². The summed E-state index contributed by atoms with van der Waals surface area (Å²) >= 11 is 0. The van der Waals surface area contributed by atoms with E-state index in [0.29, 0.717) is 12.2 Å². The van der Waals surface area contributed by atoms with Gasteiger partial charge in [-0.1, -0.05) is 6.08 Å². The van der Waals surface area contributed by atoms with Crippen molar-refractivity contribution in [2.45, 2.75) is 19.3 Å². The zero-order valence-corrected chi connectivity index (χ0v) is 9.44. The number of carbonyl (C=O) groups excluding carboxylic acids is 1. The number of methoxy groups -OCH3 is 1. The number of benzene rings is 1. The summed E-state index contributed by atoms with van der Waals surface area (Å²) in [6, 6.07) is 6.94. The van der Waals surface area contributed by atoms with E-state index in [1.807, 2.05) is 0 Å². The Morgan fingerprint density at radius 3 is 2.50 bits per heavy atom. The fourth-order valence-electron chi connectivity index (χ4n) is 1.22. The van der Waals surface area contributed by atoms with Crippen molar-refractivity contribution in [2.24, 2.45) is 0 Å². The van der Waals surface area contributed by atoms with Crippen molar-refractivity contribution in [3.8, 4) is 11.5 Å². The van der Waals surface area contributed by atoms with E-state index in [1.165, 1.54) is 0 Å². The Balaban J connectivity index is 2.40. The molecule has 0 N–H and O–H groups in total. The molecule has 0 saturated heterocycles. The van der Waals surface area contributed by atoms with Crippen LogP contribution in [0.15, 0.2) is 36.9 Å². The quantitative estimate of drug-likeness (QED) is 0.320. The number of hydrogen-bond donors (Lipinski definition) is 0. The van der Waals surface area contributed by atoms with Gasteiger partial charge in [0.15, 0.2) is 0 Å². The summed E-state index contributed by atoms with van der Waals surface area (Å²) in [5.74, 6) is 1.07. The van der Waals surface area contributed by atoms with E-state index >= 15 is 0 Å². The highest BCUT2D eigenvalue weighted by molar-refractivity contribution is 5.72. The molecule has 0 aliphatic heterocycles. The Hall–Kier alpha value is -1.77. The number of hydrogen-bond acceptors (Lipinski definition) is 3. The minimum atomic E-state index is -0.216. The molecule has 0 spiro atoms. The summed E-state index contributed by atoms with van der Waals surface area (Å²) in [5.41, 5.74) is 0. The maximum atomic E-state index is 11.4. The van der Waals surface area contributed by atoms with Crippen LogP contribution in [0.25, 0.3) is 0 Å². The van der Waals surface area contributed by atoms with Gasteiger partial charge in [0.25, 0.3) is 0 Å². The van der Waals surface area contributed by atoms with E-state index in [0.717, 1.165) is 18.6 Å². The Morgan fingerprint density at radius 1 is 1.31 bits per heavy atom. The number of carbonyl (C=O) groups is 1. The lowest BCUT2D eigenvalue weighted by atomic mass is 10.2. The van der Waals surface area contributed by atoms with Crippen molar-refractivity contribution in [2.75, 3.05) is 7.11 Å². The highest BCUT2D eigenvalue weighted by Crippen LogP contribution is 2.17. The minimum Gasteiger partial charge on any atom is -0.497 e. The molecule has 0 saturated carbocycles. The number of esters is 1. The van der Waals surface area contributed by atoms with Crippen molar-refractivity contribution in [1.82, 2.24) is 0 Å². The second kappa shape index (κ2) is 6.67. The van der Waals surface area contributed by atoms with Crippen LogP contribution in [0.3, 0.4) is 0 Å². The summed E-state index contributed by atoms with van der Waals surface area (Å²) in [5, 5.41) is 0. The monoisotopic (exact) mass is 220 g/mol. The Kier molecular flexibility index (Phi) is 5.12. The molecule has 1 aromatic carbocycles. The second-order valence-corrected chi connectivity index (χ2v) is 3.33. The molecule has 0 fully saturated rings. The van der Waals surface area contributed by atoms with Crippen molar-refractivity contribution < 1.29 is 14.3 Å². The highest BCUT2D eigenvalue weighted by Gasteiger charge is 2.03. The van der Waals surface area contributed by atoms with Gasteiger partial charge in [0.1, 0.15) is 11.5 Å². The van der Waals surface area contributed by atoms with Gasteiger partial charge in [-0.05, 0) is 37.1 Å². The lowest BCUT2D eigenvalue weighted by Gasteiger charge is -2.04. The summed E-state index contributed by atoms with van der Waals surface area (Å²) in [4.78, 5) is 11.4. The smallest absolute Gasteiger partial charge is 0.311 e. The molecule has 1 aromatic rings. The molecule has 0 aliphatic carbocycles. The molecule has 1 rings (SSSR count). The summed E-state index contributed by atoms with van der Waals surface area (Å²) in [6.45, 7) is 3.59. The second-order valence-electron chi connectivity index (χ2n) is 3.33. The standard InChI is InChI=1S/C13H16O3/c1-3-4-5-6-13(14)16-12-9-7-11(15-2)8-10-12/h3,7-10H,1,4-6H2,2H3. The van der Waals surface area contributed by atoms with Crippen LogP contribution in [0, 0.1) is 0 Å². The topological polar surface area (TPSA) is 35.5 Å². The molecule has 0 radical (unpaired) electrons. The average Bonchev–Trinajstić information content (AvgIpc) is 2.30. The number of unbranched alkanes of at least 4 members (excludes halogenated alkanes) is 1. The fraction of sp³-hybridized carbons (Fsp3) is 0.308. The predicted molar refractivity (Wildman–Crippen MR) is 62.7 cm³/mol. The van der Waals surface area contributed by atoms with Crippen LogP contribution in [0.5, 0.6) is 11.5 Å². The van der Waals surface area contributed by atoms with Gasteiger partial charge in [0.05, 0.1) is 7.11 Å². The first-order valence-electron chi connectivity index (χ1n) is 5.22. The Morgan fingerprint density at radius 2 is 1.94 bits per heavy atom. The lowest BCUT2D eigenvalue weighted by Crippen LogP contribution is -2.07. The van der Waals surface area contributed by atoms with E-state index in [9.17, 15) is 4.79 Å². The van der Waals surface area contributed by atoms with Gasteiger partial charge in [-0.2, -0.15) is 0 Å². The van der Waals surface area contributed by atoms with Gasteiger partial charge in [-0.3, -0.25) is 4.79 Å². The molecular formula is C13H16O3. The third kappa shape index (κ3) is 4.17. The molecule has 86 valence electrons. The van der Waals surface area contributed by atoms with E-state index in [-0.39, 0.29) is 5.97 Å². The van der Waals surface area contributed by atoms with E-state index < -0.39 is 0 Å². The zero-order chi connectivity index (χ0) is 11.8. The van der Waals surface area contributed by atoms with Gasteiger partial charge in [-0.25, -0.2) is 0 Å². The first-order valence-corrected chi connectivity index (χ1v) is 5.22. The lowest BCUT2D eigenvalue weighted by molar-refractivity contribution is -0.134. The molecular weight excluding hydrogens is 204 g/mol. The normalized spacial score (nSPS) is 9.56. The van der Waals surface area contributed by atoms with Gasteiger partial charge in [0.2, 0.25) is 0 Å². The molecule has 16 heavy (non-hydrogen) atoms. The van der Waals surface area contributed by atoms with Crippen LogP contribution in [-0.2, 0) is 4.79 Å². The largest absolute Gasteiger partial charge is 0.497 e. The molecule has 0 amide bonds. The Labute approximate surface area is 95.7 Å². The van der Waals surface area contributed by atoms with Crippen molar-refractivity contribution in [3.05, 3.63) is 36.9 Å². The van der Waals surface area contributed by atoms with Crippen LogP contribution >= 0.6 is 0 Å². The molecule has 0 heterocycles. The van der Waals surface area contributed by atoms with E-state index in [4.69, 9.17) is 9.47 Å². The first-order chi connectivity index (χ1) is 7.76. The molecule has 0 unspecified atom stereocenters. The van der Waals surface area contributed by atoms with Crippen molar-refractivity contribution in [3.63, 3.8) is 0 Å². The van der Waals surface area contributed by atoms with Gasteiger partial charge in [0, 0.05) is 6.42 Å². The minimum absolute atomic E-state index is 0.216. The maximum absolute atomic E-state index is 11.4. The predicted octanol–water partition coefficient (Wildman–Crippen LogP) is 2.96. The third-order valence-electron chi connectivity index (χ3n) is 2.08.